The number of carbonyl (C=O) groups is 1. The number of aliphatic carboxylic acids is 1. The fraction of sp³-hybridized carbons (Fsp3) is 0.350. The Bertz CT molecular complexity index is 989. The van der Waals surface area contributed by atoms with E-state index in [1.165, 1.54) is 19.3 Å². The fourth-order valence-corrected chi connectivity index (χ4v) is 3.78. The molecule has 0 spiro atoms. The number of hydrogen-bond acceptors (Lipinski definition) is 2. The van der Waals surface area contributed by atoms with Gasteiger partial charge in [-0.3, -0.25) is 4.79 Å². The molecule has 1 aliphatic carbocycles. The number of aromatic nitrogens is 1. The van der Waals surface area contributed by atoms with Gasteiger partial charge in [0, 0.05) is 17.6 Å². The quantitative estimate of drug-likeness (QED) is 0.723. The van der Waals surface area contributed by atoms with Gasteiger partial charge in [-0.2, -0.15) is 13.2 Å². The molecule has 1 unspecified atom stereocenters. The number of alkyl halides is 3. The van der Waals surface area contributed by atoms with Gasteiger partial charge in [-0.1, -0.05) is 29.8 Å². The van der Waals surface area contributed by atoms with Crippen molar-refractivity contribution >= 4 is 28.5 Å². The molecule has 1 aromatic carbocycles. The van der Waals surface area contributed by atoms with Crippen LogP contribution in [0.1, 0.15) is 17.7 Å². The summed E-state index contributed by atoms with van der Waals surface area (Å²) >= 11 is 6.24. The van der Waals surface area contributed by atoms with E-state index >= 15 is 0 Å². The van der Waals surface area contributed by atoms with Crippen LogP contribution in [0.15, 0.2) is 35.9 Å². The van der Waals surface area contributed by atoms with Crippen molar-refractivity contribution in [1.82, 2.24) is 4.57 Å². The third-order valence-corrected chi connectivity index (χ3v) is 5.25. The molecule has 0 amide bonds. The molecular weight excluding hydrogens is 395 g/mol. The smallest absolute Gasteiger partial charge is 0.395 e. The lowest BCUT2D eigenvalue weighted by molar-refractivity contribution is -0.160. The molecule has 2 aromatic rings. The van der Waals surface area contributed by atoms with Crippen molar-refractivity contribution in [2.75, 3.05) is 7.11 Å². The monoisotopic (exact) mass is 413 g/mol. The van der Waals surface area contributed by atoms with Crippen molar-refractivity contribution in [1.29, 1.82) is 0 Å². The van der Waals surface area contributed by atoms with Gasteiger partial charge in [0.1, 0.15) is 5.75 Å². The van der Waals surface area contributed by atoms with Crippen LogP contribution in [0.5, 0.6) is 5.75 Å². The predicted octanol–water partition coefficient (Wildman–Crippen LogP) is 5.30. The van der Waals surface area contributed by atoms with E-state index in [2.05, 4.69) is 0 Å². The molecule has 28 heavy (non-hydrogen) atoms. The molecule has 3 rings (SSSR count). The summed E-state index contributed by atoms with van der Waals surface area (Å²) in [6.07, 6.45) is -0.160. The van der Waals surface area contributed by atoms with Crippen LogP contribution < -0.4 is 4.74 Å². The van der Waals surface area contributed by atoms with Crippen LogP contribution in [0.25, 0.3) is 10.9 Å². The van der Waals surface area contributed by atoms with Crippen molar-refractivity contribution in [2.45, 2.75) is 32.5 Å². The van der Waals surface area contributed by atoms with Gasteiger partial charge in [-0.25, -0.2) is 0 Å². The fourth-order valence-electron chi connectivity index (χ4n) is 3.55. The van der Waals surface area contributed by atoms with Crippen LogP contribution in [0.3, 0.4) is 0 Å². The van der Waals surface area contributed by atoms with Crippen LogP contribution in [0.4, 0.5) is 13.2 Å². The van der Waals surface area contributed by atoms with Gasteiger partial charge in [-0.05, 0) is 36.6 Å². The van der Waals surface area contributed by atoms with Crippen molar-refractivity contribution < 1.29 is 27.8 Å². The normalized spacial score (nSPS) is 17.1. The van der Waals surface area contributed by atoms with E-state index in [1.807, 2.05) is 0 Å². The van der Waals surface area contributed by atoms with Crippen molar-refractivity contribution in [3.8, 4) is 5.75 Å². The standard InChI is InChI=1S/C20H19ClF3NO3/c1-11-14(8-19(26)27)15-7-18(28-2)16(21)9-17(15)25(11)10-12-4-3-5-13(6-12)20(22,23)24/h3-4,6-7,9,13H,5,8,10H2,1-2H3,(H,26,27). The molecule has 1 N–H and O–H groups in total. The zero-order chi connectivity index (χ0) is 20.6. The van der Waals surface area contributed by atoms with E-state index in [-0.39, 0.29) is 19.4 Å². The number of benzene rings is 1. The van der Waals surface area contributed by atoms with Crippen LogP contribution >= 0.6 is 11.6 Å². The largest absolute Gasteiger partial charge is 0.495 e. The summed E-state index contributed by atoms with van der Waals surface area (Å²) in [4.78, 5) is 11.3. The van der Waals surface area contributed by atoms with Crippen molar-refractivity contribution in [2.24, 2.45) is 5.92 Å². The first-order valence-electron chi connectivity index (χ1n) is 8.62. The maximum absolute atomic E-state index is 13.1. The topological polar surface area (TPSA) is 51.5 Å². The maximum atomic E-state index is 13.1. The van der Waals surface area contributed by atoms with E-state index in [1.54, 1.807) is 29.7 Å². The minimum atomic E-state index is -4.30. The molecule has 0 aliphatic heterocycles. The molecule has 150 valence electrons. The number of fused-ring (bicyclic) bond motifs is 1. The second kappa shape index (κ2) is 7.54. The lowest BCUT2D eigenvalue weighted by atomic mass is 9.95. The molecule has 0 fully saturated rings. The summed E-state index contributed by atoms with van der Waals surface area (Å²) < 4.78 is 46.3. The van der Waals surface area contributed by atoms with Crippen LogP contribution in [0, 0.1) is 12.8 Å². The lowest BCUT2D eigenvalue weighted by Crippen LogP contribution is -2.22. The SMILES string of the molecule is COc1cc2c(CC(=O)O)c(C)n(CC3=CC(C(F)(F)F)CC=C3)c2cc1Cl. The lowest BCUT2D eigenvalue weighted by Gasteiger charge is -2.20. The number of allylic oxidation sites excluding steroid dienone is 4. The second-order valence-corrected chi connectivity index (χ2v) is 7.16. The van der Waals surface area contributed by atoms with Gasteiger partial charge in [-0.15, -0.1) is 0 Å². The summed E-state index contributed by atoms with van der Waals surface area (Å²) in [5.74, 6) is -2.10. The van der Waals surface area contributed by atoms with Crippen LogP contribution in [-0.2, 0) is 17.8 Å². The molecule has 0 saturated carbocycles. The molecular formula is C20H19ClF3NO3. The Morgan fingerprint density at radius 1 is 1.39 bits per heavy atom. The summed E-state index contributed by atoms with van der Waals surface area (Å²) in [5, 5.41) is 10.3. The van der Waals surface area contributed by atoms with Crippen molar-refractivity contribution in [3.05, 3.63) is 52.2 Å². The number of ether oxygens (including phenoxy) is 1. The van der Waals surface area contributed by atoms with E-state index in [4.69, 9.17) is 16.3 Å². The zero-order valence-corrected chi connectivity index (χ0v) is 16.1. The Morgan fingerprint density at radius 2 is 2.11 bits per heavy atom. The average molecular weight is 414 g/mol. The molecule has 0 radical (unpaired) electrons. The summed E-state index contributed by atoms with van der Waals surface area (Å²) in [6.45, 7) is 1.95. The highest BCUT2D eigenvalue weighted by Gasteiger charge is 2.38. The number of hydrogen-bond donors (Lipinski definition) is 1. The number of halogens is 4. The highest BCUT2D eigenvalue weighted by Crippen LogP contribution is 2.37. The predicted molar refractivity (Wildman–Crippen MR) is 101 cm³/mol. The van der Waals surface area contributed by atoms with Gasteiger partial charge in [0.2, 0.25) is 0 Å². The molecule has 4 nitrogen and oxygen atoms in total. The van der Waals surface area contributed by atoms with E-state index in [9.17, 15) is 23.1 Å². The number of nitrogens with zero attached hydrogens (tertiary/aromatic N) is 1. The number of methoxy groups -OCH3 is 1. The molecule has 1 atom stereocenters. The summed E-state index contributed by atoms with van der Waals surface area (Å²) in [7, 11) is 1.46. The second-order valence-electron chi connectivity index (χ2n) is 6.75. The van der Waals surface area contributed by atoms with E-state index in [0.717, 1.165) is 0 Å². The number of rotatable bonds is 5. The van der Waals surface area contributed by atoms with E-state index in [0.29, 0.717) is 38.5 Å². The Balaban J connectivity index is 2.11. The number of carboxylic acid groups (broad SMARTS) is 1. The van der Waals surface area contributed by atoms with Crippen LogP contribution in [-0.4, -0.2) is 28.9 Å². The van der Waals surface area contributed by atoms with Gasteiger partial charge in [0.05, 0.1) is 30.0 Å². The minimum Gasteiger partial charge on any atom is -0.495 e. The molecule has 0 saturated heterocycles. The summed E-state index contributed by atoms with van der Waals surface area (Å²) in [6, 6.07) is 3.32. The van der Waals surface area contributed by atoms with Crippen molar-refractivity contribution in [3.63, 3.8) is 0 Å². The van der Waals surface area contributed by atoms with Crippen LogP contribution in [0.2, 0.25) is 5.02 Å². The molecule has 1 aliphatic rings. The molecule has 1 aromatic heterocycles. The van der Waals surface area contributed by atoms with Gasteiger partial charge in [0.15, 0.2) is 0 Å². The summed E-state index contributed by atoms with van der Waals surface area (Å²) in [5.41, 5.74) is 2.43. The average Bonchev–Trinajstić information content (AvgIpc) is 2.85. The van der Waals surface area contributed by atoms with Gasteiger partial charge >= 0.3 is 12.1 Å². The highest BCUT2D eigenvalue weighted by atomic mass is 35.5. The zero-order valence-electron chi connectivity index (χ0n) is 15.3. The Kier molecular flexibility index (Phi) is 5.48. The molecule has 0 bridgehead atoms. The Morgan fingerprint density at radius 3 is 2.71 bits per heavy atom. The first-order valence-corrected chi connectivity index (χ1v) is 9.00. The first kappa shape index (κ1) is 20.3. The molecule has 8 heteroatoms. The Hall–Kier alpha value is -2.41. The first-order chi connectivity index (χ1) is 13.1. The Labute approximate surface area is 164 Å². The number of carboxylic acids is 1. The third-order valence-electron chi connectivity index (χ3n) is 4.95. The molecule has 1 heterocycles. The highest BCUT2D eigenvalue weighted by molar-refractivity contribution is 6.32. The van der Waals surface area contributed by atoms with Gasteiger partial charge in [0.25, 0.3) is 0 Å². The third kappa shape index (κ3) is 3.90. The minimum absolute atomic E-state index is 0.0777. The van der Waals surface area contributed by atoms with E-state index < -0.39 is 18.1 Å². The maximum Gasteiger partial charge on any atom is 0.395 e. The van der Waals surface area contributed by atoms with Gasteiger partial charge < -0.3 is 14.4 Å².